The molecule has 0 spiro atoms. The van der Waals surface area contributed by atoms with E-state index in [-0.39, 0.29) is 24.0 Å². The molecule has 2 heterocycles. The number of benzene rings is 1. The fraction of sp³-hybridized carbons (Fsp3) is 0.111. The molecule has 0 aliphatic rings. The van der Waals surface area contributed by atoms with Crippen LogP contribution in [0.1, 0.15) is 21.6 Å². The number of hydrogen-bond donors (Lipinski definition) is 0. The predicted molar refractivity (Wildman–Crippen MR) is 87.9 cm³/mol. The van der Waals surface area contributed by atoms with E-state index < -0.39 is 0 Å². The van der Waals surface area contributed by atoms with Crippen LogP contribution in [0.4, 0.5) is 10.1 Å². The maximum absolute atomic E-state index is 13.1. The minimum absolute atomic E-state index is 0.237. The van der Waals surface area contributed by atoms with Gasteiger partial charge in [-0.3, -0.25) is 14.8 Å². The number of carbonyl (C=O) groups is 1. The molecule has 0 saturated heterocycles. The van der Waals surface area contributed by atoms with Gasteiger partial charge in [0.1, 0.15) is 11.5 Å². The number of hydrogen-bond acceptors (Lipinski definition) is 4. The summed E-state index contributed by atoms with van der Waals surface area (Å²) in [7, 11) is 0. The van der Waals surface area contributed by atoms with Crippen molar-refractivity contribution in [3.8, 4) is 0 Å². The SMILES string of the molecule is Cc1cncc(N(Cc2ccc(F)cc2)C(=O)c2cnccn2)c1. The minimum atomic E-state index is -0.317. The van der Waals surface area contributed by atoms with E-state index in [0.29, 0.717) is 5.69 Å². The second-order valence-corrected chi connectivity index (χ2v) is 5.33. The van der Waals surface area contributed by atoms with Gasteiger partial charge in [-0.05, 0) is 36.2 Å². The van der Waals surface area contributed by atoms with Gasteiger partial charge in [-0.25, -0.2) is 9.37 Å². The van der Waals surface area contributed by atoms with Crippen LogP contribution in [-0.2, 0) is 6.54 Å². The van der Waals surface area contributed by atoms with Crippen molar-refractivity contribution in [3.63, 3.8) is 0 Å². The molecule has 0 aliphatic heterocycles. The van der Waals surface area contributed by atoms with E-state index in [1.165, 1.54) is 30.7 Å². The second-order valence-electron chi connectivity index (χ2n) is 5.33. The normalized spacial score (nSPS) is 10.4. The Morgan fingerprint density at radius 2 is 1.88 bits per heavy atom. The van der Waals surface area contributed by atoms with Crippen LogP contribution in [0.5, 0.6) is 0 Å². The Balaban J connectivity index is 1.97. The molecular formula is C18H15FN4O. The van der Waals surface area contributed by atoms with E-state index in [2.05, 4.69) is 15.0 Å². The highest BCUT2D eigenvalue weighted by atomic mass is 19.1. The molecule has 2 aromatic heterocycles. The molecule has 0 fully saturated rings. The minimum Gasteiger partial charge on any atom is -0.301 e. The van der Waals surface area contributed by atoms with Gasteiger partial charge in [0.25, 0.3) is 5.91 Å². The topological polar surface area (TPSA) is 59.0 Å². The Labute approximate surface area is 138 Å². The molecule has 1 amide bonds. The van der Waals surface area contributed by atoms with Gasteiger partial charge in [-0.2, -0.15) is 0 Å². The van der Waals surface area contributed by atoms with Crippen molar-refractivity contribution >= 4 is 11.6 Å². The van der Waals surface area contributed by atoms with Crippen LogP contribution in [0.25, 0.3) is 0 Å². The van der Waals surface area contributed by atoms with Crippen molar-refractivity contribution in [2.75, 3.05) is 4.90 Å². The second kappa shape index (κ2) is 6.95. The standard InChI is InChI=1S/C18H15FN4O/c1-13-8-16(10-21-9-13)23(12-14-2-4-15(19)5-3-14)18(24)17-11-20-6-7-22-17/h2-11H,12H2,1H3. The van der Waals surface area contributed by atoms with Crippen LogP contribution >= 0.6 is 0 Å². The average Bonchev–Trinajstić information content (AvgIpc) is 2.61. The van der Waals surface area contributed by atoms with Crippen molar-refractivity contribution < 1.29 is 9.18 Å². The molecule has 0 N–H and O–H groups in total. The summed E-state index contributed by atoms with van der Waals surface area (Å²) >= 11 is 0. The van der Waals surface area contributed by atoms with E-state index in [1.54, 1.807) is 29.4 Å². The third-order valence-electron chi connectivity index (χ3n) is 3.45. The Kier molecular flexibility index (Phi) is 4.56. The van der Waals surface area contributed by atoms with Crippen LogP contribution in [0.2, 0.25) is 0 Å². The molecule has 24 heavy (non-hydrogen) atoms. The first kappa shape index (κ1) is 15.7. The van der Waals surface area contributed by atoms with Crippen molar-refractivity contribution in [3.05, 3.63) is 84.0 Å². The number of amides is 1. The summed E-state index contributed by atoms with van der Waals surface area (Å²) in [5, 5.41) is 0. The quantitative estimate of drug-likeness (QED) is 0.740. The Bertz CT molecular complexity index is 837. The number of halogens is 1. The van der Waals surface area contributed by atoms with Gasteiger partial charge in [0.05, 0.1) is 24.6 Å². The van der Waals surface area contributed by atoms with Gasteiger partial charge >= 0.3 is 0 Å². The third kappa shape index (κ3) is 3.60. The Morgan fingerprint density at radius 1 is 1.08 bits per heavy atom. The zero-order chi connectivity index (χ0) is 16.9. The van der Waals surface area contributed by atoms with Crippen molar-refractivity contribution in [2.45, 2.75) is 13.5 Å². The molecule has 3 rings (SSSR count). The zero-order valence-electron chi connectivity index (χ0n) is 13.1. The molecule has 0 radical (unpaired) electrons. The molecule has 1 aromatic carbocycles. The number of aryl methyl sites for hydroxylation is 1. The summed E-state index contributed by atoms with van der Waals surface area (Å²) in [6.07, 6.45) is 7.73. The maximum atomic E-state index is 13.1. The van der Waals surface area contributed by atoms with Crippen molar-refractivity contribution in [1.82, 2.24) is 15.0 Å². The Morgan fingerprint density at radius 3 is 2.54 bits per heavy atom. The molecule has 5 nitrogen and oxygen atoms in total. The number of pyridine rings is 1. The number of aromatic nitrogens is 3. The van der Waals surface area contributed by atoms with Crippen LogP contribution in [0.3, 0.4) is 0 Å². The first-order valence-corrected chi connectivity index (χ1v) is 7.37. The molecule has 3 aromatic rings. The van der Waals surface area contributed by atoms with Crippen molar-refractivity contribution in [1.29, 1.82) is 0 Å². The summed E-state index contributed by atoms with van der Waals surface area (Å²) in [5.41, 5.74) is 2.62. The lowest BCUT2D eigenvalue weighted by molar-refractivity contribution is 0.0980. The zero-order valence-corrected chi connectivity index (χ0v) is 13.1. The Hall–Kier alpha value is -3.15. The van der Waals surface area contributed by atoms with E-state index >= 15 is 0 Å². The van der Waals surface area contributed by atoms with E-state index in [9.17, 15) is 9.18 Å². The van der Waals surface area contributed by atoms with E-state index in [4.69, 9.17) is 0 Å². The number of rotatable bonds is 4. The van der Waals surface area contributed by atoms with Gasteiger partial charge in [0.15, 0.2) is 0 Å². The first-order valence-electron chi connectivity index (χ1n) is 7.37. The summed E-state index contributed by atoms with van der Waals surface area (Å²) in [6.45, 7) is 2.18. The lowest BCUT2D eigenvalue weighted by Crippen LogP contribution is -2.31. The molecule has 0 atom stereocenters. The molecule has 120 valence electrons. The van der Waals surface area contributed by atoms with Gasteiger partial charge < -0.3 is 4.90 Å². The maximum Gasteiger partial charge on any atom is 0.278 e. The molecule has 6 heteroatoms. The molecular weight excluding hydrogens is 307 g/mol. The predicted octanol–water partition coefficient (Wildman–Crippen LogP) is 3.17. The van der Waals surface area contributed by atoms with Gasteiger partial charge in [0.2, 0.25) is 0 Å². The monoisotopic (exact) mass is 322 g/mol. The molecule has 0 aliphatic carbocycles. The van der Waals surface area contributed by atoms with Crippen molar-refractivity contribution in [2.24, 2.45) is 0 Å². The van der Waals surface area contributed by atoms with Gasteiger partial charge in [-0.15, -0.1) is 0 Å². The van der Waals surface area contributed by atoms with Crippen LogP contribution in [0.15, 0.2) is 61.3 Å². The molecule has 0 bridgehead atoms. The fourth-order valence-electron chi connectivity index (χ4n) is 2.29. The fourth-order valence-corrected chi connectivity index (χ4v) is 2.29. The number of anilines is 1. The average molecular weight is 322 g/mol. The summed E-state index contributed by atoms with van der Waals surface area (Å²) in [5.74, 6) is -0.609. The summed E-state index contributed by atoms with van der Waals surface area (Å²) < 4.78 is 13.1. The van der Waals surface area contributed by atoms with Crippen LogP contribution < -0.4 is 4.90 Å². The van der Waals surface area contributed by atoms with E-state index in [1.807, 2.05) is 13.0 Å². The van der Waals surface area contributed by atoms with Crippen LogP contribution in [0, 0.1) is 12.7 Å². The molecule has 0 unspecified atom stereocenters. The highest BCUT2D eigenvalue weighted by molar-refractivity contribution is 6.04. The number of nitrogens with zero attached hydrogens (tertiary/aromatic N) is 4. The van der Waals surface area contributed by atoms with Crippen LogP contribution in [-0.4, -0.2) is 20.9 Å². The highest BCUT2D eigenvalue weighted by Gasteiger charge is 2.20. The summed E-state index contributed by atoms with van der Waals surface area (Å²) in [4.78, 5) is 26.6. The lowest BCUT2D eigenvalue weighted by Gasteiger charge is -2.22. The molecule has 0 saturated carbocycles. The first-order chi connectivity index (χ1) is 11.6. The highest BCUT2D eigenvalue weighted by Crippen LogP contribution is 2.20. The number of carbonyl (C=O) groups excluding carboxylic acids is 1. The summed E-state index contributed by atoms with van der Waals surface area (Å²) in [6, 6.07) is 7.90. The largest absolute Gasteiger partial charge is 0.301 e. The lowest BCUT2D eigenvalue weighted by atomic mass is 10.1. The van der Waals surface area contributed by atoms with Gasteiger partial charge in [0, 0.05) is 18.6 Å². The van der Waals surface area contributed by atoms with Gasteiger partial charge in [-0.1, -0.05) is 12.1 Å². The smallest absolute Gasteiger partial charge is 0.278 e. The van der Waals surface area contributed by atoms with E-state index in [0.717, 1.165) is 11.1 Å². The third-order valence-corrected chi connectivity index (χ3v) is 3.45.